The quantitative estimate of drug-likeness (QED) is 0.277. The van der Waals surface area contributed by atoms with Crippen molar-refractivity contribution in [2.75, 3.05) is 18.5 Å². The number of aliphatic hydroxyl groups is 1. The summed E-state index contributed by atoms with van der Waals surface area (Å²) in [5.74, 6) is 0.231. The first kappa shape index (κ1) is 18.1. The molecule has 2 rings (SSSR count). The molecule has 9 nitrogen and oxygen atoms in total. The van der Waals surface area contributed by atoms with Gasteiger partial charge in [-0.3, -0.25) is 0 Å². The summed E-state index contributed by atoms with van der Waals surface area (Å²) in [4.78, 5) is 23.3. The molecule has 1 aromatic carbocycles. The van der Waals surface area contributed by atoms with Crippen molar-refractivity contribution >= 4 is 17.9 Å². The topological polar surface area (TPSA) is 152 Å². The molecule has 0 unspecified atom stereocenters. The van der Waals surface area contributed by atoms with Crippen LogP contribution in [0.25, 0.3) is 11.1 Å². The maximum atomic E-state index is 11.4. The van der Waals surface area contributed by atoms with Crippen molar-refractivity contribution in [3.05, 3.63) is 42.2 Å². The van der Waals surface area contributed by atoms with Gasteiger partial charge in [0.2, 0.25) is 5.95 Å². The van der Waals surface area contributed by atoms with Gasteiger partial charge in [-0.25, -0.2) is 14.8 Å². The summed E-state index contributed by atoms with van der Waals surface area (Å²) < 4.78 is 0. The molecule has 0 aliphatic rings. The van der Waals surface area contributed by atoms with Crippen LogP contribution in [0.15, 0.2) is 41.7 Å². The summed E-state index contributed by atoms with van der Waals surface area (Å²) in [7, 11) is 0. The molecule has 7 N–H and O–H groups in total. The lowest BCUT2D eigenvalue weighted by Gasteiger charge is -2.07. The van der Waals surface area contributed by atoms with Crippen LogP contribution in [0.1, 0.15) is 12.0 Å². The standard InChI is InChI=1S/C16H21N7O2/c17-14(18)23-16(25)22-8-11-3-1-4-12(7-11)13-9-20-15(21-10-13)19-5-2-6-24/h1,3-4,7,9-10,24H,2,5-6,8H2,(H,19,20,21)(H5,17,18,22,23,25). The molecule has 25 heavy (non-hydrogen) atoms. The molecule has 0 radical (unpaired) electrons. The van der Waals surface area contributed by atoms with Gasteiger partial charge in [-0.2, -0.15) is 4.99 Å². The minimum absolute atomic E-state index is 0.123. The molecular weight excluding hydrogens is 322 g/mol. The number of guanidine groups is 1. The molecule has 0 saturated heterocycles. The van der Waals surface area contributed by atoms with Gasteiger partial charge >= 0.3 is 6.03 Å². The van der Waals surface area contributed by atoms with Crippen molar-refractivity contribution in [1.82, 2.24) is 15.3 Å². The number of hydrogen-bond acceptors (Lipinski definition) is 5. The lowest BCUT2D eigenvalue weighted by atomic mass is 10.1. The first-order valence-electron chi connectivity index (χ1n) is 7.72. The SMILES string of the molecule is NC(N)=NC(=O)NCc1cccc(-c2cnc(NCCCO)nc2)c1. The van der Waals surface area contributed by atoms with Crippen molar-refractivity contribution < 1.29 is 9.90 Å². The number of nitrogens with zero attached hydrogens (tertiary/aromatic N) is 3. The van der Waals surface area contributed by atoms with Gasteiger partial charge in [0.15, 0.2) is 5.96 Å². The third-order valence-electron chi connectivity index (χ3n) is 3.20. The van der Waals surface area contributed by atoms with Crippen LogP contribution in [-0.2, 0) is 6.54 Å². The van der Waals surface area contributed by atoms with Gasteiger partial charge in [0.25, 0.3) is 0 Å². The predicted octanol–water partition coefficient (Wildman–Crippen LogP) is 0.421. The van der Waals surface area contributed by atoms with E-state index in [4.69, 9.17) is 16.6 Å². The highest BCUT2D eigenvalue weighted by atomic mass is 16.3. The van der Waals surface area contributed by atoms with Crippen molar-refractivity contribution in [3.63, 3.8) is 0 Å². The zero-order valence-corrected chi connectivity index (χ0v) is 13.6. The van der Waals surface area contributed by atoms with Gasteiger partial charge in [0, 0.05) is 37.7 Å². The second kappa shape index (κ2) is 9.18. The van der Waals surface area contributed by atoms with Gasteiger partial charge in [-0.15, -0.1) is 0 Å². The number of rotatable bonds is 7. The van der Waals surface area contributed by atoms with Gasteiger partial charge in [0.1, 0.15) is 0 Å². The maximum Gasteiger partial charge on any atom is 0.344 e. The summed E-state index contributed by atoms with van der Waals surface area (Å²) >= 11 is 0. The van der Waals surface area contributed by atoms with E-state index in [1.165, 1.54) is 0 Å². The van der Waals surface area contributed by atoms with Crippen LogP contribution < -0.4 is 22.1 Å². The Morgan fingerprint density at radius 1 is 1.20 bits per heavy atom. The van der Waals surface area contributed by atoms with E-state index in [1.807, 2.05) is 24.3 Å². The average molecular weight is 343 g/mol. The number of nitrogens with one attached hydrogen (secondary N) is 2. The van der Waals surface area contributed by atoms with E-state index in [0.717, 1.165) is 16.7 Å². The molecule has 0 bridgehead atoms. The summed E-state index contributed by atoms with van der Waals surface area (Å²) in [6.07, 6.45) is 4.06. The number of carbonyl (C=O) groups is 1. The van der Waals surface area contributed by atoms with Crippen LogP contribution in [0.2, 0.25) is 0 Å². The minimum atomic E-state index is -0.591. The van der Waals surface area contributed by atoms with E-state index in [1.54, 1.807) is 12.4 Å². The molecular formula is C16H21N7O2. The fourth-order valence-electron chi connectivity index (χ4n) is 2.04. The Balaban J connectivity index is 2.00. The Hall–Kier alpha value is -3.20. The van der Waals surface area contributed by atoms with Crippen LogP contribution in [0.5, 0.6) is 0 Å². The van der Waals surface area contributed by atoms with Crippen LogP contribution in [-0.4, -0.2) is 40.2 Å². The zero-order chi connectivity index (χ0) is 18.1. The van der Waals surface area contributed by atoms with Crippen LogP contribution in [0.3, 0.4) is 0 Å². The highest BCUT2D eigenvalue weighted by Crippen LogP contribution is 2.19. The van der Waals surface area contributed by atoms with Gasteiger partial charge in [-0.05, 0) is 23.6 Å². The van der Waals surface area contributed by atoms with E-state index >= 15 is 0 Å². The number of anilines is 1. The Bertz CT molecular complexity index is 728. The first-order chi connectivity index (χ1) is 12.1. The predicted molar refractivity (Wildman–Crippen MR) is 95.7 cm³/mol. The van der Waals surface area contributed by atoms with E-state index < -0.39 is 6.03 Å². The highest BCUT2D eigenvalue weighted by molar-refractivity contribution is 5.90. The monoisotopic (exact) mass is 343 g/mol. The smallest absolute Gasteiger partial charge is 0.344 e. The number of urea groups is 1. The Labute approximate surface area is 145 Å². The number of aliphatic imine (C=N–C) groups is 1. The normalized spacial score (nSPS) is 10.1. The molecule has 9 heteroatoms. The molecule has 0 atom stereocenters. The van der Waals surface area contributed by atoms with Crippen LogP contribution in [0.4, 0.5) is 10.7 Å². The highest BCUT2D eigenvalue weighted by Gasteiger charge is 2.04. The molecule has 1 heterocycles. The lowest BCUT2D eigenvalue weighted by molar-refractivity contribution is 0.249. The number of nitrogens with two attached hydrogens (primary N) is 2. The van der Waals surface area contributed by atoms with Crippen molar-refractivity contribution in [3.8, 4) is 11.1 Å². The number of carbonyl (C=O) groups excluding carboxylic acids is 1. The zero-order valence-electron chi connectivity index (χ0n) is 13.6. The number of hydrogen-bond donors (Lipinski definition) is 5. The largest absolute Gasteiger partial charge is 0.396 e. The first-order valence-corrected chi connectivity index (χ1v) is 7.72. The Morgan fingerprint density at radius 3 is 2.64 bits per heavy atom. The molecule has 2 amide bonds. The third-order valence-corrected chi connectivity index (χ3v) is 3.20. The van der Waals surface area contributed by atoms with E-state index in [2.05, 4.69) is 25.6 Å². The van der Waals surface area contributed by atoms with E-state index in [-0.39, 0.29) is 12.6 Å². The second-order valence-electron chi connectivity index (χ2n) is 5.20. The van der Waals surface area contributed by atoms with Crippen LogP contribution >= 0.6 is 0 Å². The fourth-order valence-corrected chi connectivity index (χ4v) is 2.04. The molecule has 0 aliphatic carbocycles. The Kier molecular flexibility index (Phi) is 6.66. The molecule has 0 saturated carbocycles. The maximum absolute atomic E-state index is 11.4. The van der Waals surface area contributed by atoms with Crippen molar-refractivity contribution in [1.29, 1.82) is 0 Å². The summed E-state index contributed by atoms with van der Waals surface area (Å²) in [5.41, 5.74) is 13.0. The Morgan fingerprint density at radius 2 is 1.96 bits per heavy atom. The van der Waals surface area contributed by atoms with Gasteiger partial charge in [0.05, 0.1) is 0 Å². The number of aromatic nitrogens is 2. The van der Waals surface area contributed by atoms with Crippen LogP contribution in [0, 0.1) is 0 Å². The van der Waals surface area contributed by atoms with Crippen molar-refractivity contribution in [2.45, 2.75) is 13.0 Å². The molecule has 0 spiro atoms. The summed E-state index contributed by atoms with van der Waals surface area (Å²) in [6.45, 7) is 1.03. The molecule has 1 aromatic heterocycles. The molecule has 132 valence electrons. The third kappa shape index (κ3) is 6.07. The number of amides is 2. The molecule has 0 aliphatic heterocycles. The number of aliphatic hydroxyl groups excluding tert-OH is 1. The van der Waals surface area contributed by atoms with Crippen molar-refractivity contribution in [2.24, 2.45) is 16.5 Å². The fraction of sp³-hybridized carbons (Fsp3) is 0.250. The molecule has 2 aromatic rings. The lowest BCUT2D eigenvalue weighted by Crippen LogP contribution is -2.28. The number of benzene rings is 1. The van der Waals surface area contributed by atoms with E-state index in [9.17, 15) is 4.79 Å². The minimum Gasteiger partial charge on any atom is -0.396 e. The average Bonchev–Trinajstić information content (AvgIpc) is 2.60. The summed E-state index contributed by atoms with van der Waals surface area (Å²) in [6, 6.07) is 7.02. The van der Waals surface area contributed by atoms with Gasteiger partial charge < -0.3 is 27.2 Å². The van der Waals surface area contributed by atoms with E-state index in [0.29, 0.717) is 25.5 Å². The van der Waals surface area contributed by atoms with Gasteiger partial charge in [-0.1, -0.05) is 18.2 Å². The molecule has 0 fully saturated rings. The second-order valence-corrected chi connectivity index (χ2v) is 5.20. The summed E-state index contributed by atoms with van der Waals surface area (Å²) in [5, 5.41) is 14.4.